The number of nitrogens with one attached hydrogen (secondary N) is 1. The van der Waals surface area contributed by atoms with E-state index in [9.17, 15) is 0 Å². The molecule has 0 aromatic heterocycles. The van der Waals surface area contributed by atoms with Crippen LogP contribution < -0.4 is 10.1 Å². The van der Waals surface area contributed by atoms with Crippen LogP contribution in [0.15, 0.2) is 29.3 Å². The number of benzene rings is 1. The number of hydrogen-bond acceptors (Lipinski definition) is 3. The zero-order valence-corrected chi connectivity index (χ0v) is 17.5. The van der Waals surface area contributed by atoms with E-state index in [1.807, 2.05) is 0 Å². The van der Waals surface area contributed by atoms with E-state index < -0.39 is 0 Å². The maximum atomic E-state index is 5.88. The minimum Gasteiger partial charge on any atom is -0.494 e. The number of unbranched alkanes of at least 4 members (excludes halogenated alkanes) is 11. The van der Waals surface area contributed by atoms with Crippen molar-refractivity contribution in [2.24, 2.45) is 4.99 Å². The summed E-state index contributed by atoms with van der Waals surface area (Å²) in [6.07, 6.45) is 17.5. The summed E-state index contributed by atoms with van der Waals surface area (Å²) in [6.45, 7) is 5.02. The quantitative estimate of drug-likeness (QED) is 0.345. The third-order valence-electron chi connectivity index (χ3n) is 5.31. The lowest BCUT2D eigenvalue weighted by atomic mass is 10.1. The highest BCUT2D eigenvalue weighted by atomic mass is 16.5. The van der Waals surface area contributed by atoms with Crippen molar-refractivity contribution in [2.75, 3.05) is 19.7 Å². The van der Waals surface area contributed by atoms with Crippen LogP contribution in [0.4, 0.5) is 0 Å². The Hall–Kier alpha value is -1.51. The third-order valence-corrected chi connectivity index (χ3v) is 5.31. The molecule has 1 aliphatic rings. The summed E-state index contributed by atoms with van der Waals surface area (Å²) in [6, 6.07) is 8.48. The number of hydrogen-bond donors (Lipinski definition) is 1. The summed E-state index contributed by atoms with van der Waals surface area (Å²) in [4.78, 5) is 4.44. The summed E-state index contributed by atoms with van der Waals surface area (Å²) in [5.41, 5.74) is 1.29. The second kappa shape index (κ2) is 14.5. The van der Waals surface area contributed by atoms with E-state index >= 15 is 0 Å². The summed E-state index contributed by atoms with van der Waals surface area (Å²) in [5.74, 6) is 2.10. The number of rotatable bonds is 16. The van der Waals surface area contributed by atoms with Gasteiger partial charge in [0.15, 0.2) is 0 Å². The minimum absolute atomic E-state index is 0.838. The molecule has 2 rings (SSSR count). The Bertz CT molecular complexity index is 510. The average molecular weight is 373 g/mol. The van der Waals surface area contributed by atoms with Crippen LogP contribution in [0.3, 0.4) is 0 Å². The van der Waals surface area contributed by atoms with Crippen LogP contribution in [0.2, 0.25) is 0 Å². The Kier molecular flexibility index (Phi) is 11.7. The lowest BCUT2D eigenvalue weighted by molar-refractivity contribution is 0.304. The minimum atomic E-state index is 0.838. The molecule has 0 aliphatic carbocycles. The van der Waals surface area contributed by atoms with Crippen LogP contribution >= 0.6 is 0 Å². The molecule has 0 spiro atoms. The highest BCUT2D eigenvalue weighted by Gasteiger charge is 2.05. The molecular formula is C24H40N2O. The van der Waals surface area contributed by atoms with Crippen molar-refractivity contribution in [3.63, 3.8) is 0 Å². The molecule has 0 bridgehead atoms. The van der Waals surface area contributed by atoms with Gasteiger partial charge in [0.2, 0.25) is 0 Å². The predicted molar refractivity (Wildman–Crippen MR) is 117 cm³/mol. The lowest BCUT2D eigenvalue weighted by Gasteiger charge is -2.08. The first kappa shape index (κ1) is 21.8. The van der Waals surface area contributed by atoms with Crippen molar-refractivity contribution in [3.8, 4) is 5.75 Å². The maximum Gasteiger partial charge on any atom is 0.119 e. The highest BCUT2D eigenvalue weighted by molar-refractivity contribution is 5.85. The van der Waals surface area contributed by atoms with Crippen molar-refractivity contribution in [2.45, 2.75) is 90.4 Å². The molecule has 0 fully saturated rings. The third kappa shape index (κ3) is 10.4. The molecule has 1 aliphatic heterocycles. The molecule has 1 aromatic carbocycles. The van der Waals surface area contributed by atoms with Gasteiger partial charge in [0.1, 0.15) is 11.6 Å². The first-order chi connectivity index (χ1) is 13.4. The van der Waals surface area contributed by atoms with Gasteiger partial charge >= 0.3 is 0 Å². The summed E-state index contributed by atoms with van der Waals surface area (Å²) >= 11 is 0. The first-order valence-electron chi connectivity index (χ1n) is 11.4. The maximum absolute atomic E-state index is 5.88. The number of amidine groups is 1. The Balaban J connectivity index is 1.39. The number of ether oxygens (including phenoxy) is 1. The van der Waals surface area contributed by atoms with Gasteiger partial charge in [0.05, 0.1) is 13.2 Å². The van der Waals surface area contributed by atoms with E-state index in [1.165, 1.54) is 82.6 Å². The molecule has 0 saturated heterocycles. The lowest BCUT2D eigenvalue weighted by Crippen LogP contribution is -2.20. The average Bonchev–Trinajstić information content (AvgIpc) is 3.20. The van der Waals surface area contributed by atoms with Gasteiger partial charge in [0.25, 0.3) is 0 Å². The van der Waals surface area contributed by atoms with Crippen LogP contribution in [0, 0.1) is 0 Å². The zero-order valence-electron chi connectivity index (χ0n) is 17.5. The van der Waals surface area contributed by atoms with Crippen molar-refractivity contribution in [3.05, 3.63) is 29.8 Å². The van der Waals surface area contributed by atoms with Crippen LogP contribution in [0.5, 0.6) is 5.75 Å². The van der Waals surface area contributed by atoms with Crippen LogP contribution in [-0.2, 0) is 6.42 Å². The second-order valence-corrected chi connectivity index (χ2v) is 7.81. The van der Waals surface area contributed by atoms with E-state index in [2.05, 4.69) is 41.5 Å². The molecule has 1 heterocycles. The molecule has 0 saturated carbocycles. The van der Waals surface area contributed by atoms with Crippen molar-refractivity contribution in [1.29, 1.82) is 0 Å². The molecule has 0 atom stereocenters. The molecule has 1 aromatic rings. The van der Waals surface area contributed by atoms with Gasteiger partial charge in [-0.25, -0.2) is 0 Å². The fourth-order valence-electron chi connectivity index (χ4n) is 3.60. The van der Waals surface area contributed by atoms with Gasteiger partial charge in [-0.2, -0.15) is 0 Å². The molecule has 0 unspecified atom stereocenters. The van der Waals surface area contributed by atoms with Crippen molar-refractivity contribution < 1.29 is 4.74 Å². The van der Waals surface area contributed by atoms with Crippen molar-refractivity contribution in [1.82, 2.24) is 5.32 Å². The van der Waals surface area contributed by atoms with Gasteiger partial charge < -0.3 is 10.1 Å². The van der Waals surface area contributed by atoms with Gasteiger partial charge in [-0.15, -0.1) is 0 Å². The summed E-state index contributed by atoms with van der Waals surface area (Å²) in [5, 5.41) is 3.32. The molecule has 152 valence electrons. The molecular weight excluding hydrogens is 332 g/mol. The molecule has 0 amide bonds. The van der Waals surface area contributed by atoms with Crippen molar-refractivity contribution >= 4 is 5.84 Å². The van der Waals surface area contributed by atoms with Gasteiger partial charge in [-0.1, -0.05) is 89.7 Å². The fraction of sp³-hybridized carbons (Fsp3) is 0.708. The van der Waals surface area contributed by atoms with Gasteiger partial charge in [-0.05, 0) is 24.1 Å². The molecule has 3 heteroatoms. The number of aliphatic imine (C=N–C) groups is 1. The van der Waals surface area contributed by atoms with Crippen LogP contribution in [0.25, 0.3) is 0 Å². The van der Waals surface area contributed by atoms with E-state index in [-0.39, 0.29) is 0 Å². The molecule has 27 heavy (non-hydrogen) atoms. The monoisotopic (exact) mass is 372 g/mol. The predicted octanol–water partition coefficient (Wildman–Crippen LogP) is 6.31. The highest BCUT2D eigenvalue weighted by Crippen LogP contribution is 2.15. The molecule has 0 radical (unpaired) electrons. The van der Waals surface area contributed by atoms with Gasteiger partial charge in [-0.3, -0.25) is 4.99 Å². The van der Waals surface area contributed by atoms with E-state index in [0.29, 0.717) is 0 Å². The smallest absolute Gasteiger partial charge is 0.119 e. The van der Waals surface area contributed by atoms with E-state index in [1.54, 1.807) is 0 Å². The zero-order chi connectivity index (χ0) is 19.0. The van der Waals surface area contributed by atoms with Crippen LogP contribution in [-0.4, -0.2) is 25.5 Å². The standard InChI is InChI=1S/C24H40N2O/c1-2-3-4-5-6-7-8-9-10-11-12-13-20-27-23-16-14-22(15-17-23)21-24-25-18-19-26-24/h14-17H,2-13,18-21H2,1H3,(H,25,26). The SMILES string of the molecule is CCCCCCCCCCCCCCOc1ccc(CC2=NCCN2)cc1. The summed E-state index contributed by atoms with van der Waals surface area (Å²) in [7, 11) is 0. The Morgan fingerprint density at radius 3 is 1.96 bits per heavy atom. The van der Waals surface area contributed by atoms with Gasteiger partial charge in [0, 0.05) is 13.0 Å². The molecule has 1 N–H and O–H groups in total. The Morgan fingerprint density at radius 2 is 1.41 bits per heavy atom. The topological polar surface area (TPSA) is 33.6 Å². The van der Waals surface area contributed by atoms with E-state index in [4.69, 9.17) is 4.74 Å². The number of nitrogens with zero attached hydrogens (tertiary/aromatic N) is 1. The first-order valence-corrected chi connectivity index (χ1v) is 11.4. The molecule has 3 nitrogen and oxygen atoms in total. The second-order valence-electron chi connectivity index (χ2n) is 7.81. The van der Waals surface area contributed by atoms with Crippen LogP contribution in [0.1, 0.15) is 89.5 Å². The normalized spacial score (nSPS) is 13.4. The largest absolute Gasteiger partial charge is 0.494 e. The van der Waals surface area contributed by atoms with E-state index in [0.717, 1.165) is 37.7 Å². The Morgan fingerprint density at radius 1 is 0.815 bits per heavy atom. The fourth-order valence-corrected chi connectivity index (χ4v) is 3.60. The Labute approximate surface area is 167 Å². The summed E-state index contributed by atoms with van der Waals surface area (Å²) < 4.78 is 5.88.